The van der Waals surface area contributed by atoms with E-state index in [1.54, 1.807) is 0 Å². The van der Waals surface area contributed by atoms with Gasteiger partial charge in [-0.3, -0.25) is 4.79 Å². The average Bonchev–Trinajstić information content (AvgIpc) is 2.95. The summed E-state index contributed by atoms with van der Waals surface area (Å²) in [5.74, 6) is 0.891. The van der Waals surface area contributed by atoms with E-state index in [-0.39, 0.29) is 0 Å². The van der Waals surface area contributed by atoms with Gasteiger partial charge in [-0.2, -0.15) is 0 Å². The van der Waals surface area contributed by atoms with Crippen molar-refractivity contribution in [3.8, 4) is 0 Å². The maximum absolute atomic E-state index is 11.5. The molecule has 1 saturated carbocycles. The van der Waals surface area contributed by atoms with Gasteiger partial charge in [0.2, 0.25) is 0 Å². The van der Waals surface area contributed by atoms with Crippen LogP contribution in [-0.2, 0) is 4.79 Å². The van der Waals surface area contributed by atoms with Gasteiger partial charge < -0.3 is 9.80 Å². The third kappa shape index (κ3) is 4.07. The summed E-state index contributed by atoms with van der Waals surface area (Å²) in [6.07, 6.45) is 6.93. The zero-order chi connectivity index (χ0) is 12.1. The van der Waals surface area contributed by atoms with Crippen LogP contribution in [0.15, 0.2) is 0 Å². The Morgan fingerprint density at radius 1 is 1.24 bits per heavy atom. The molecule has 1 heterocycles. The number of carbonyl (C=O) groups excluding carboxylic acids is 1. The van der Waals surface area contributed by atoms with Gasteiger partial charge in [-0.15, -0.1) is 0 Å². The molecule has 0 amide bonds. The first-order valence-corrected chi connectivity index (χ1v) is 7.19. The topological polar surface area (TPSA) is 23.6 Å². The first-order valence-electron chi connectivity index (χ1n) is 7.19. The maximum atomic E-state index is 11.5. The monoisotopic (exact) mass is 238 g/mol. The third-order valence-corrected chi connectivity index (χ3v) is 4.29. The van der Waals surface area contributed by atoms with Crippen LogP contribution in [0.2, 0.25) is 0 Å². The molecule has 0 spiro atoms. The first kappa shape index (κ1) is 13.0. The number of ketones is 1. The minimum Gasteiger partial charge on any atom is -0.305 e. The van der Waals surface area contributed by atoms with Crippen LogP contribution in [0.3, 0.4) is 0 Å². The van der Waals surface area contributed by atoms with Gasteiger partial charge in [0.15, 0.2) is 0 Å². The summed E-state index contributed by atoms with van der Waals surface area (Å²) < 4.78 is 0. The molecule has 0 radical (unpaired) electrons. The lowest BCUT2D eigenvalue weighted by molar-refractivity contribution is -0.120. The number of carbonyl (C=O) groups is 1. The molecule has 2 rings (SSSR count). The van der Waals surface area contributed by atoms with Crippen molar-refractivity contribution in [2.45, 2.75) is 38.5 Å². The van der Waals surface area contributed by atoms with Gasteiger partial charge in [-0.05, 0) is 58.8 Å². The van der Waals surface area contributed by atoms with Gasteiger partial charge in [0.1, 0.15) is 5.78 Å². The van der Waals surface area contributed by atoms with Crippen LogP contribution in [0.5, 0.6) is 0 Å². The van der Waals surface area contributed by atoms with Crippen LogP contribution in [0.4, 0.5) is 0 Å². The van der Waals surface area contributed by atoms with Crippen molar-refractivity contribution >= 4 is 5.78 Å². The predicted molar refractivity (Wildman–Crippen MR) is 70.1 cm³/mol. The Labute approximate surface area is 105 Å². The number of likely N-dealkylation sites (tertiary alicyclic amines) is 1. The molecule has 0 aromatic rings. The fourth-order valence-corrected chi connectivity index (χ4v) is 3.00. The molecule has 2 aliphatic rings. The van der Waals surface area contributed by atoms with E-state index in [9.17, 15) is 4.79 Å². The normalized spacial score (nSPS) is 26.2. The lowest BCUT2D eigenvalue weighted by atomic mass is 10.0. The molecule has 1 unspecified atom stereocenters. The van der Waals surface area contributed by atoms with E-state index < -0.39 is 0 Å². The molecule has 98 valence electrons. The number of nitrogens with zero attached hydrogens (tertiary/aromatic N) is 2. The van der Waals surface area contributed by atoms with Crippen molar-refractivity contribution in [3.63, 3.8) is 0 Å². The van der Waals surface area contributed by atoms with Gasteiger partial charge in [-0.25, -0.2) is 0 Å². The summed E-state index contributed by atoms with van der Waals surface area (Å²) in [6.45, 7) is 6.02. The Hall–Kier alpha value is -0.410. The van der Waals surface area contributed by atoms with Crippen molar-refractivity contribution in [1.82, 2.24) is 9.80 Å². The van der Waals surface area contributed by atoms with Gasteiger partial charge >= 0.3 is 0 Å². The smallest absolute Gasteiger partial charge is 0.136 e. The summed E-state index contributed by atoms with van der Waals surface area (Å²) in [6, 6.07) is 0. The number of hydrogen-bond acceptors (Lipinski definition) is 3. The average molecular weight is 238 g/mol. The molecule has 0 aromatic heterocycles. The van der Waals surface area contributed by atoms with Crippen LogP contribution >= 0.6 is 0 Å². The van der Waals surface area contributed by atoms with Crippen molar-refractivity contribution in [2.75, 3.05) is 39.8 Å². The highest BCUT2D eigenvalue weighted by molar-refractivity contribution is 5.82. The summed E-state index contributed by atoms with van der Waals surface area (Å²) in [4.78, 5) is 16.5. The second kappa shape index (κ2) is 6.50. The molecule has 3 nitrogen and oxygen atoms in total. The molecule has 1 aliphatic carbocycles. The molecule has 3 heteroatoms. The molecular weight excluding hydrogens is 212 g/mol. The quantitative estimate of drug-likeness (QED) is 0.704. The standard InChI is InChI=1S/C14H26N2O/c1-15(11-12-16-8-2-3-9-16)10-7-13-5-4-6-14(13)17/h13H,2-12H2,1H3. The highest BCUT2D eigenvalue weighted by Gasteiger charge is 2.24. The molecular formula is C14H26N2O. The van der Waals surface area contributed by atoms with E-state index in [1.165, 1.54) is 32.5 Å². The number of likely N-dealkylation sites (N-methyl/N-ethyl adjacent to an activating group) is 1. The van der Waals surface area contributed by atoms with Crippen molar-refractivity contribution in [2.24, 2.45) is 5.92 Å². The SMILES string of the molecule is CN(CCC1CCCC1=O)CCN1CCCC1. The van der Waals surface area contributed by atoms with Crippen LogP contribution < -0.4 is 0 Å². The second-order valence-electron chi connectivity index (χ2n) is 5.70. The maximum Gasteiger partial charge on any atom is 0.136 e. The van der Waals surface area contributed by atoms with E-state index in [1.807, 2.05) is 0 Å². The molecule has 17 heavy (non-hydrogen) atoms. The Bertz CT molecular complexity index is 249. The highest BCUT2D eigenvalue weighted by atomic mass is 16.1. The van der Waals surface area contributed by atoms with Gasteiger partial charge in [0.25, 0.3) is 0 Å². The van der Waals surface area contributed by atoms with Crippen molar-refractivity contribution in [1.29, 1.82) is 0 Å². The minimum atomic E-state index is 0.379. The van der Waals surface area contributed by atoms with E-state index in [2.05, 4.69) is 16.8 Å². The van der Waals surface area contributed by atoms with E-state index in [0.29, 0.717) is 11.7 Å². The second-order valence-corrected chi connectivity index (χ2v) is 5.70. The lowest BCUT2D eigenvalue weighted by Crippen LogP contribution is -2.32. The largest absolute Gasteiger partial charge is 0.305 e. The van der Waals surface area contributed by atoms with E-state index in [4.69, 9.17) is 0 Å². The fraction of sp³-hybridized carbons (Fsp3) is 0.929. The Kier molecular flexibility index (Phi) is 4.99. The molecule has 2 fully saturated rings. The number of rotatable bonds is 6. The van der Waals surface area contributed by atoms with Crippen molar-refractivity contribution < 1.29 is 4.79 Å². The first-order chi connectivity index (χ1) is 8.25. The minimum absolute atomic E-state index is 0.379. The summed E-state index contributed by atoms with van der Waals surface area (Å²) in [7, 11) is 2.19. The molecule has 0 N–H and O–H groups in total. The van der Waals surface area contributed by atoms with Crippen LogP contribution in [0.1, 0.15) is 38.5 Å². The van der Waals surface area contributed by atoms with Crippen LogP contribution in [0, 0.1) is 5.92 Å². The van der Waals surface area contributed by atoms with Crippen LogP contribution in [0.25, 0.3) is 0 Å². The highest BCUT2D eigenvalue weighted by Crippen LogP contribution is 2.24. The zero-order valence-corrected chi connectivity index (χ0v) is 11.2. The molecule has 1 saturated heterocycles. The molecule has 1 atom stereocenters. The number of Topliss-reactive ketones (excluding diaryl/α,β-unsaturated/α-hetero) is 1. The van der Waals surface area contributed by atoms with Gasteiger partial charge in [0, 0.05) is 25.4 Å². The predicted octanol–water partition coefficient (Wildman–Crippen LogP) is 1.77. The van der Waals surface area contributed by atoms with Crippen molar-refractivity contribution in [3.05, 3.63) is 0 Å². The molecule has 0 bridgehead atoms. The van der Waals surface area contributed by atoms with Crippen LogP contribution in [-0.4, -0.2) is 55.4 Å². The summed E-state index contributed by atoms with van der Waals surface area (Å²) >= 11 is 0. The lowest BCUT2D eigenvalue weighted by Gasteiger charge is -2.22. The van der Waals surface area contributed by atoms with E-state index in [0.717, 1.165) is 38.8 Å². The third-order valence-electron chi connectivity index (χ3n) is 4.29. The Balaban J connectivity index is 1.56. The fourth-order valence-electron chi connectivity index (χ4n) is 3.00. The van der Waals surface area contributed by atoms with E-state index >= 15 is 0 Å². The Morgan fingerprint density at radius 2 is 2.00 bits per heavy atom. The van der Waals surface area contributed by atoms with Gasteiger partial charge in [0.05, 0.1) is 0 Å². The zero-order valence-electron chi connectivity index (χ0n) is 11.2. The van der Waals surface area contributed by atoms with Gasteiger partial charge in [-0.1, -0.05) is 0 Å². The number of hydrogen-bond donors (Lipinski definition) is 0. The summed E-state index contributed by atoms with van der Waals surface area (Å²) in [5, 5.41) is 0. The Morgan fingerprint density at radius 3 is 2.65 bits per heavy atom. The molecule has 1 aliphatic heterocycles. The molecule has 0 aromatic carbocycles. The summed E-state index contributed by atoms with van der Waals surface area (Å²) in [5.41, 5.74) is 0.